The van der Waals surface area contributed by atoms with Gasteiger partial charge in [0.15, 0.2) is 0 Å². The van der Waals surface area contributed by atoms with Crippen LogP contribution in [0.2, 0.25) is 0 Å². The number of nitrogens with zero attached hydrogens (tertiary/aromatic N) is 1. The number of carbonyl (C=O) groups is 1. The van der Waals surface area contributed by atoms with Crippen molar-refractivity contribution in [3.63, 3.8) is 0 Å². The molecule has 0 aliphatic carbocycles. The van der Waals surface area contributed by atoms with Gasteiger partial charge in [0, 0.05) is 6.07 Å². The third kappa shape index (κ3) is 3.85. The summed E-state index contributed by atoms with van der Waals surface area (Å²) >= 11 is 2.89. The Labute approximate surface area is 114 Å². The molecule has 0 amide bonds. The molecule has 0 aromatic heterocycles. The molecule has 1 aromatic carbocycles. The molecule has 0 spiro atoms. The summed E-state index contributed by atoms with van der Waals surface area (Å²) in [7, 11) is 0. The van der Waals surface area contributed by atoms with Gasteiger partial charge in [0.1, 0.15) is 5.75 Å². The Kier molecular flexibility index (Phi) is 4.76. The summed E-state index contributed by atoms with van der Waals surface area (Å²) < 4.78 is 35.0. The summed E-state index contributed by atoms with van der Waals surface area (Å²) in [5, 5.41) is 10.5. The van der Waals surface area contributed by atoms with Crippen LogP contribution in [0.25, 0.3) is 0 Å². The zero-order valence-corrected chi connectivity index (χ0v) is 11.1. The molecule has 0 heterocycles. The Morgan fingerprint density at radius 3 is 2.68 bits per heavy atom. The molecule has 0 saturated carbocycles. The quantitative estimate of drug-likeness (QED) is 0.468. The van der Waals surface area contributed by atoms with E-state index in [9.17, 15) is 23.7 Å². The third-order valence-corrected chi connectivity index (χ3v) is 2.53. The molecule has 9 heteroatoms. The normalized spacial score (nSPS) is 10.9. The summed E-state index contributed by atoms with van der Waals surface area (Å²) in [5.41, 5.74) is -0.446. The summed E-state index contributed by atoms with van der Waals surface area (Å²) in [6.45, 7) is 1.12. The number of nitro groups is 1. The van der Waals surface area contributed by atoms with E-state index in [2.05, 4.69) is 25.4 Å². The highest BCUT2D eigenvalue weighted by molar-refractivity contribution is 9.10. The molecule has 104 valence electrons. The Balaban J connectivity index is 3.01. The lowest BCUT2D eigenvalue weighted by Gasteiger charge is -2.16. The van der Waals surface area contributed by atoms with Crippen LogP contribution in [0.15, 0.2) is 22.7 Å². The van der Waals surface area contributed by atoms with Crippen LogP contribution < -0.4 is 4.74 Å². The number of hydrogen-bond donors (Lipinski definition) is 0. The van der Waals surface area contributed by atoms with Gasteiger partial charge in [0.25, 0.3) is 5.69 Å². The maximum atomic E-state index is 13.3. The fraction of sp³-hybridized carbons (Fsp3) is 0.300. The molecule has 6 nitrogen and oxygen atoms in total. The van der Waals surface area contributed by atoms with Crippen molar-refractivity contribution in [1.82, 2.24) is 0 Å². The average Bonchev–Trinajstić information content (AvgIpc) is 2.31. The molecule has 1 aromatic rings. The van der Waals surface area contributed by atoms with Gasteiger partial charge in [-0.1, -0.05) is 0 Å². The second kappa shape index (κ2) is 5.91. The van der Waals surface area contributed by atoms with E-state index in [1.165, 1.54) is 6.92 Å². The minimum absolute atomic E-state index is 0.0436. The number of esters is 1. The highest BCUT2D eigenvalue weighted by Crippen LogP contribution is 2.33. The Morgan fingerprint density at radius 2 is 2.16 bits per heavy atom. The molecule has 0 N–H and O–H groups in total. The van der Waals surface area contributed by atoms with E-state index >= 15 is 0 Å². The predicted molar refractivity (Wildman–Crippen MR) is 63.0 cm³/mol. The maximum Gasteiger partial charge on any atom is 0.502 e. The molecule has 1 rings (SSSR count). The number of alkyl halides is 2. The smallest absolute Gasteiger partial charge is 0.459 e. The Morgan fingerprint density at radius 1 is 1.53 bits per heavy atom. The highest BCUT2D eigenvalue weighted by atomic mass is 79.9. The van der Waals surface area contributed by atoms with Gasteiger partial charge in [-0.05, 0) is 28.9 Å². The van der Waals surface area contributed by atoms with Crippen LogP contribution in [-0.4, -0.2) is 23.6 Å². The summed E-state index contributed by atoms with van der Waals surface area (Å²) in [4.78, 5) is 20.7. The molecule has 0 fully saturated rings. The topological polar surface area (TPSA) is 78.7 Å². The minimum Gasteiger partial charge on any atom is -0.459 e. The summed E-state index contributed by atoms with van der Waals surface area (Å²) in [5.74, 6) is -2.40. The van der Waals surface area contributed by atoms with Gasteiger partial charge in [-0.25, -0.2) is 4.79 Å². The van der Waals surface area contributed by atoms with E-state index in [-0.39, 0.29) is 11.1 Å². The van der Waals surface area contributed by atoms with E-state index < -0.39 is 28.4 Å². The van der Waals surface area contributed by atoms with E-state index in [1.54, 1.807) is 0 Å². The first-order valence-electron chi connectivity index (χ1n) is 4.96. The summed E-state index contributed by atoms with van der Waals surface area (Å²) in [6, 6.07) is 3.03. The van der Waals surface area contributed by atoms with E-state index in [0.717, 1.165) is 18.2 Å². The lowest BCUT2D eigenvalue weighted by atomic mass is 10.3. The van der Waals surface area contributed by atoms with E-state index in [1.807, 2.05) is 0 Å². The van der Waals surface area contributed by atoms with Crippen LogP contribution in [0.5, 0.6) is 5.75 Å². The number of benzene rings is 1. The van der Waals surface area contributed by atoms with E-state index in [4.69, 9.17) is 0 Å². The molecular weight excluding hydrogens is 332 g/mol. The lowest BCUT2D eigenvalue weighted by Crippen LogP contribution is -2.37. The van der Waals surface area contributed by atoms with Gasteiger partial charge < -0.3 is 9.47 Å². The fourth-order valence-corrected chi connectivity index (χ4v) is 1.41. The molecular formula is C10H8BrF2NO5. The predicted octanol–water partition coefficient (Wildman–Crippen LogP) is 2.89. The fourth-order valence-electron chi connectivity index (χ4n) is 1.08. The van der Waals surface area contributed by atoms with Crippen molar-refractivity contribution in [2.24, 2.45) is 0 Å². The van der Waals surface area contributed by atoms with Gasteiger partial charge in [-0.2, -0.15) is 8.78 Å². The first-order chi connectivity index (χ1) is 8.77. The molecule has 0 bridgehead atoms. The van der Waals surface area contributed by atoms with Gasteiger partial charge in [0.05, 0.1) is 22.1 Å². The number of non-ortho nitro benzene ring substituents is 1. The van der Waals surface area contributed by atoms with Crippen LogP contribution in [0.4, 0.5) is 14.5 Å². The van der Waals surface area contributed by atoms with Crippen molar-refractivity contribution in [3.8, 4) is 5.75 Å². The van der Waals surface area contributed by atoms with Crippen LogP contribution in [0.1, 0.15) is 6.92 Å². The van der Waals surface area contributed by atoms with Gasteiger partial charge in [-0.15, -0.1) is 0 Å². The van der Waals surface area contributed by atoms with Crippen LogP contribution >= 0.6 is 15.9 Å². The van der Waals surface area contributed by atoms with Crippen molar-refractivity contribution in [2.45, 2.75) is 13.0 Å². The second-order valence-electron chi connectivity index (χ2n) is 3.21. The van der Waals surface area contributed by atoms with Crippen molar-refractivity contribution < 1.29 is 28.0 Å². The highest BCUT2D eigenvalue weighted by Gasteiger charge is 2.44. The molecule has 0 aliphatic rings. The lowest BCUT2D eigenvalue weighted by molar-refractivity contribution is -0.385. The van der Waals surface area contributed by atoms with Crippen LogP contribution in [-0.2, 0) is 9.53 Å². The third-order valence-electron chi connectivity index (χ3n) is 1.88. The van der Waals surface area contributed by atoms with Crippen LogP contribution in [0.3, 0.4) is 0 Å². The second-order valence-corrected chi connectivity index (χ2v) is 4.07. The molecule has 0 saturated heterocycles. The standard InChI is InChI=1S/C10H8BrF2NO5/c1-2-18-9(15)10(12,13)19-8-5-6(14(16)17)3-4-7(8)11/h3-5H,2H2,1H3. The number of nitro benzene ring substituents is 1. The van der Waals surface area contributed by atoms with Crippen molar-refractivity contribution in [1.29, 1.82) is 0 Å². The Hall–Kier alpha value is -1.77. The molecule has 19 heavy (non-hydrogen) atoms. The van der Waals surface area contributed by atoms with E-state index in [0.29, 0.717) is 0 Å². The summed E-state index contributed by atoms with van der Waals surface area (Å²) in [6.07, 6.45) is -4.23. The SMILES string of the molecule is CCOC(=O)C(F)(F)Oc1cc([N+](=O)[O-])ccc1Br. The van der Waals surface area contributed by atoms with Gasteiger partial charge in [0.2, 0.25) is 0 Å². The molecule has 0 radical (unpaired) electrons. The zero-order chi connectivity index (χ0) is 14.6. The molecule has 0 unspecified atom stereocenters. The monoisotopic (exact) mass is 339 g/mol. The molecule has 0 aliphatic heterocycles. The van der Waals surface area contributed by atoms with Crippen LogP contribution in [0, 0.1) is 10.1 Å². The van der Waals surface area contributed by atoms with Gasteiger partial charge in [-0.3, -0.25) is 10.1 Å². The van der Waals surface area contributed by atoms with Crippen molar-refractivity contribution in [3.05, 3.63) is 32.8 Å². The molecule has 0 atom stereocenters. The Bertz CT molecular complexity index is 509. The van der Waals surface area contributed by atoms with Crippen molar-refractivity contribution >= 4 is 27.6 Å². The number of hydrogen-bond acceptors (Lipinski definition) is 5. The zero-order valence-electron chi connectivity index (χ0n) is 9.56. The first kappa shape index (κ1) is 15.3. The van der Waals surface area contributed by atoms with Gasteiger partial charge >= 0.3 is 12.1 Å². The number of ether oxygens (including phenoxy) is 2. The largest absolute Gasteiger partial charge is 0.502 e. The number of carbonyl (C=O) groups excluding carboxylic acids is 1. The maximum absolute atomic E-state index is 13.3. The minimum atomic E-state index is -4.23. The average molecular weight is 340 g/mol. The number of rotatable bonds is 5. The van der Waals surface area contributed by atoms with Crippen molar-refractivity contribution in [2.75, 3.05) is 6.61 Å². The first-order valence-corrected chi connectivity index (χ1v) is 5.75. The number of halogens is 3.